The third-order valence-corrected chi connectivity index (χ3v) is 3.33. The van der Waals surface area contributed by atoms with Gasteiger partial charge in [0, 0.05) is 12.5 Å². The molecule has 0 aromatic heterocycles. The number of rotatable bonds is 5. The monoisotopic (exact) mass is 317 g/mol. The molecule has 2 N–H and O–H groups in total. The molecular weight excluding hydrogens is 302 g/mol. The average Bonchev–Trinajstić information content (AvgIpc) is 2.27. The van der Waals surface area contributed by atoms with E-state index in [0.29, 0.717) is 11.4 Å². The van der Waals surface area contributed by atoms with E-state index in [1.165, 1.54) is 0 Å². The molecule has 0 aliphatic rings. The van der Waals surface area contributed by atoms with E-state index in [2.05, 4.69) is 22.9 Å². The van der Waals surface area contributed by atoms with Crippen LogP contribution in [0.4, 0.5) is 0 Å². The first kappa shape index (κ1) is 14.3. The molecular formula is C12H16BrNO2S. The number of hydrogen-bond donors (Lipinski definition) is 1. The van der Waals surface area contributed by atoms with Gasteiger partial charge in [0.15, 0.2) is 0 Å². The van der Waals surface area contributed by atoms with Crippen LogP contribution in [0.1, 0.15) is 24.8 Å². The van der Waals surface area contributed by atoms with Crippen LogP contribution >= 0.6 is 28.1 Å². The Balaban J connectivity index is 3.13. The molecule has 0 bridgehead atoms. The molecule has 3 nitrogen and oxygen atoms in total. The Hall–Kier alpha value is -0.810. The topological polar surface area (TPSA) is 44.5 Å². The summed E-state index contributed by atoms with van der Waals surface area (Å²) >= 11 is 8.39. The van der Waals surface area contributed by atoms with Gasteiger partial charge in [-0.25, -0.2) is 0 Å². The summed E-state index contributed by atoms with van der Waals surface area (Å²) in [6.45, 7) is 2.07. The molecule has 1 aromatic carbocycles. The first-order chi connectivity index (χ1) is 7.99. The number of hydrogen-bond acceptors (Lipinski definition) is 3. The largest absolute Gasteiger partial charge is 0.496 e. The third-order valence-electron chi connectivity index (χ3n) is 2.54. The molecule has 94 valence electrons. The van der Waals surface area contributed by atoms with E-state index in [1.807, 2.05) is 12.1 Å². The van der Waals surface area contributed by atoms with Crippen molar-refractivity contribution < 1.29 is 9.47 Å². The van der Waals surface area contributed by atoms with Crippen LogP contribution in [-0.4, -0.2) is 19.2 Å². The predicted octanol–water partition coefficient (Wildman–Crippen LogP) is 3.25. The Morgan fingerprint density at radius 2 is 1.94 bits per heavy atom. The van der Waals surface area contributed by atoms with Crippen LogP contribution in [0.5, 0.6) is 11.5 Å². The molecule has 0 heterocycles. The Bertz CT molecular complexity index is 423. The smallest absolute Gasteiger partial charge is 0.136 e. The zero-order chi connectivity index (χ0) is 13.0. The van der Waals surface area contributed by atoms with Crippen molar-refractivity contribution in [1.29, 1.82) is 0 Å². The van der Waals surface area contributed by atoms with Gasteiger partial charge >= 0.3 is 0 Å². The van der Waals surface area contributed by atoms with E-state index >= 15 is 0 Å². The SMILES string of the molecule is COc1cc(OC)c(C(C)CC(N)=S)cc1Br. The lowest BCUT2D eigenvalue weighted by atomic mass is 9.96. The molecule has 0 aliphatic heterocycles. The summed E-state index contributed by atoms with van der Waals surface area (Å²) in [5, 5.41) is 0. The first-order valence-electron chi connectivity index (χ1n) is 5.19. The molecule has 0 spiro atoms. The van der Waals surface area contributed by atoms with Crippen LogP contribution in [-0.2, 0) is 0 Å². The van der Waals surface area contributed by atoms with Gasteiger partial charge in [0.05, 0.1) is 23.7 Å². The number of halogens is 1. The molecule has 5 heteroatoms. The van der Waals surface area contributed by atoms with Crippen LogP contribution in [0.25, 0.3) is 0 Å². The van der Waals surface area contributed by atoms with Crippen molar-refractivity contribution in [2.45, 2.75) is 19.3 Å². The summed E-state index contributed by atoms with van der Waals surface area (Å²) in [6.07, 6.45) is 0.657. The van der Waals surface area contributed by atoms with Crippen molar-refractivity contribution in [2.75, 3.05) is 14.2 Å². The van der Waals surface area contributed by atoms with Crippen molar-refractivity contribution in [3.05, 3.63) is 22.2 Å². The van der Waals surface area contributed by atoms with Gasteiger partial charge in [-0.3, -0.25) is 0 Å². The highest BCUT2D eigenvalue weighted by molar-refractivity contribution is 9.10. The van der Waals surface area contributed by atoms with Crippen LogP contribution in [0, 0.1) is 0 Å². The van der Waals surface area contributed by atoms with E-state index in [-0.39, 0.29) is 5.92 Å². The van der Waals surface area contributed by atoms with E-state index in [4.69, 9.17) is 27.4 Å². The quantitative estimate of drug-likeness (QED) is 0.847. The van der Waals surface area contributed by atoms with Crippen LogP contribution in [0.15, 0.2) is 16.6 Å². The minimum Gasteiger partial charge on any atom is -0.496 e. The van der Waals surface area contributed by atoms with Gasteiger partial charge in [-0.2, -0.15) is 0 Å². The van der Waals surface area contributed by atoms with Crippen molar-refractivity contribution >= 4 is 33.1 Å². The fourth-order valence-electron chi connectivity index (χ4n) is 1.68. The highest BCUT2D eigenvalue weighted by Gasteiger charge is 2.15. The van der Waals surface area contributed by atoms with E-state index in [9.17, 15) is 0 Å². The average molecular weight is 318 g/mol. The van der Waals surface area contributed by atoms with Gasteiger partial charge in [0.1, 0.15) is 11.5 Å². The standard InChI is InChI=1S/C12H16BrNO2S/c1-7(4-12(14)17)8-5-9(13)11(16-3)6-10(8)15-2/h5-7H,4H2,1-3H3,(H2,14,17). The lowest BCUT2D eigenvalue weighted by Crippen LogP contribution is -2.12. The second-order valence-electron chi connectivity index (χ2n) is 3.80. The number of ether oxygens (including phenoxy) is 2. The molecule has 17 heavy (non-hydrogen) atoms. The van der Waals surface area contributed by atoms with Crippen LogP contribution in [0.3, 0.4) is 0 Å². The Kier molecular flexibility index (Phi) is 5.21. The van der Waals surface area contributed by atoms with Crippen molar-refractivity contribution in [2.24, 2.45) is 5.73 Å². The van der Waals surface area contributed by atoms with Gasteiger partial charge in [-0.05, 0) is 33.5 Å². The molecule has 1 unspecified atom stereocenters. The maximum absolute atomic E-state index is 5.57. The van der Waals surface area contributed by atoms with Crippen molar-refractivity contribution in [3.8, 4) is 11.5 Å². The first-order valence-corrected chi connectivity index (χ1v) is 6.39. The van der Waals surface area contributed by atoms with Crippen molar-refractivity contribution in [3.63, 3.8) is 0 Å². The van der Waals surface area contributed by atoms with Gasteiger partial charge < -0.3 is 15.2 Å². The maximum Gasteiger partial charge on any atom is 0.136 e. The maximum atomic E-state index is 5.57. The minimum absolute atomic E-state index is 0.213. The van der Waals surface area contributed by atoms with Gasteiger partial charge in [-0.15, -0.1) is 0 Å². The fraction of sp³-hybridized carbons (Fsp3) is 0.417. The zero-order valence-corrected chi connectivity index (χ0v) is 12.5. The Morgan fingerprint density at radius 1 is 1.35 bits per heavy atom. The fourth-order valence-corrected chi connectivity index (χ4v) is 2.45. The number of benzene rings is 1. The van der Waals surface area contributed by atoms with Crippen molar-refractivity contribution in [1.82, 2.24) is 0 Å². The lowest BCUT2D eigenvalue weighted by Gasteiger charge is -2.17. The molecule has 0 radical (unpaired) electrons. The van der Waals surface area contributed by atoms with E-state index < -0.39 is 0 Å². The van der Waals surface area contributed by atoms with Gasteiger partial charge in [0.2, 0.25) is 0 Å². The van der Waals surface area contributed by atoms with Gasteiger partial charge in [-0.1, -0.05) is 19.1 Å². The predicted molar refractivity (Wildman–Crippen MR) is 77.1 cm³/mol. The van der Waals surface area contributed by atoms with Crippen LogP contribution < -0.4 is 15.2 Å². The molecule has 0 amide bonds. The summed E-state index contributed by atoms with van der Waals surface area (Å²) in [6, 6.07) is 3.84. The molecule has 0 saturated carbocycles. The molecule has 0 fully saturated rings. The summed E-state index contributed by atoms with van der Waals surface area (Å²) in [5.41, 5.74) is 6.63. The normalized spacial score (nSPS) is 12.0. The summed E-state index contributed by atoms with van der Waals surface area (Å²) < 4.78 is 11.5. The zero-order valence-electron chi connectivity index (χ0n) is 10.1. The summed E-state index contributed by atoms with van der Waals surface area (Å²) in [4.78, 5) is 0.506. The Morgan fingerprint density at radius 3 is 2.41 bits per heavy atom. The summed E-state index contributed by atoms with van der Waals surface area (Å²) in [5.74, 6) is 1.74. The number of nitrogens with two attached hydrogens (primary N) is 1. The highest BCUT2D eigenvalue weighted by Crippen LogP contribution is 2.37. The van der Waals surface area contributed by atoms with E-state index in [0.717, 1.165) is 21.5 Å². The number of thiocarbonyl (C=S) groups is 1. The molecule has 0 aliphatic carbocycles. The Labute approximate surface area is 115 Å². The second-order valence-corrected chi connectivity index (χ2v) is 5.18. The molecule has 0 saturated heterocycles. The van der Waals surface area contributed by atoms with Crippen LogP contribution in [0.2, 0.25) is 0 Å². The second kappa shape index (κ2) is 6.21. The highest BCUT2D eigenvalue weighted by atomic mass is 79.9. The van der Waals surface area contributed by atoms with E-state index in [1.54, 1.807) is 14.2 Å². The lowest BCUT2D eigenvalue weighted by molar-refractivity contribution is 0.387. The summed E-state index contributed by atoms with van der Waals surface area (Å²) in [7, 11) is 3.26. The van der Waals surface area contributed by atoms with Gasteiger partial charge in [0.25, 0.3) is 0 Å². The molecule has 1 atom stereocenters. The molecule has 1 rings (SSSR count). The third kappa shape index (κ3) is 3.57. The molecule has 1 aromatic rings. The number of methoxy groups -OCH3 is 2. The minimum atomic E-state index is 0.213.